The van der Waals surface area contributed by atoms with Crippen LogP contribution >= 0.6 is 12.4 Å². The molecular weight excluding hydrogens is 326 g/mol. The Morgan fingerprint density at radius 3 is 2.38 bits per heavy atom. The van der Waals surface area contributed by atoms with Crippen LogP contribution in [-0.4, -0.2) is 10.1 Å². The van der Waals surface area contributed by atoms with Gasteiger partial charge in [-0.15, -0.1) is 12.4 Å². The highest BCUT2D eigenvalue weighted by molar-refractivity contribution is 5.85. The number of rotatable bonds is 4. The van der Waals surface area contributed by atoms with E-state index in [2.05, 4.69) is 43.0 Å². The van der Waals surface area contributed by atoms with Gasteiger partial charge in [-0.2, -0.15) is 4.98 Å². The van der Waals surface area contributed by atoms with Gasteiger partial charge in [-0.25, -0.2) is 0 Å². The van der Waals surface area contributed by atoms with Crippen molar-refractivity contribution in [2.24, 2.45) is 5.73 Å². The maximum Gasteiger partial charge on any atom is 0.264 e. The van der Waals surface area contributed by atoms with E-state index in [1.165, 1.54) is 5.56 Å². The third kappa shape index (κ3) is 4.08. The molecule has 5 nitrogen and oxygen atoms in total. The fraction of sp³-hybridized carbons (Fsp3) is 0.556. The molecule has 6 heteroatoms. The van der Waals surface area contributed by atoms with Crippen molar-refractivity contribution in [2.75, 3.05) is 0 Å². The number of nitrogens with zero attached hydrogens (tertiary/aromatic N) is 2. The Morgan fingerprint density at radius 2 is 1.79 bits per heavy atom. The monoisotopic (exact) mass is 351 g/mol. The lowest BCUT2D eigenvalue weighted by atomic mass is 9.87. The van der Waals surface area contributed by atoms with Gasteiger partial charge in [-0.05, 0) is 36.0 Å². The van der Waals surface area contributed by atoms with Gasteiger partial charge in [0.25, 0.3) is 5.89 Å². The summed E-state index contributed by atoms with van der Waals surface area (Å²) in [7, 11) is 0. The van der Waals surface area contributed by atoms with Crippen molar-refractivity contribution in [3.63, 3.8) is 0 Å². The summed E-state index contributed by atoms with van der Waals surface area (Å²) in [4.78, 5) is 4.41. The lowest BCUT2D eigenvalue weighted by Crippen LogP contribution is -2.34. The summed E-state index contributed by atoms with van der Waals surface area (Å²) in [6, 6.07) is 8.11. The molecule has 0 saturated heterocycles. The summed E-state index contributed by atoms with van der Waals surface area (Å²) >= 11 is 0. The molecule has 2 N–H and O–H groups in total. The second-order valence-corrected chi connectivity index (χ2v) is 7.44. The van der Waals surface area contributed by atoms with Gasteiger partial charge in [0.15, 0.2) is 12.4 Å². The van der Waals surface area contributed by atoms with Gasteiger partial charge in [0, 0.05) is 0 Å². The molecular formula is C18H26ClN3O2. The van der Waals surface area contributed by atoms with Crippen LogP contribution in [-0.2, 0) is 17.6 Å². The fourth-order valence-electron chi connectivity index (χ4n) is 2.94. The summed E-state index contributed by atoms with van der Waals surface area (Å²) < 4.78 is 11.0. The molecule has 1 aromatic carbocycles. The molecule has 1 aromatic heterocycles. The van der Waals surface area contributed by atoms with E-state index in [-0.39, 0.29) is 24.4 Å². The average Bonchev–Trinajstić information content (AvgIpc) is 3.14. The van der Waals surface area contributed by atoms with Crippen LogP contribution in [0.3, 0.4) is 0 Å². The zero-order valence-electron chi connectivity index (χ0n) is 14.5. The maximum absolute atomic E-state index is 6.33. The maximum atomic E-state index is 6.33. The number of nitrogens with two attached hydrogens (primary N) is 1. The number of aromatic nitrogens is 2. The molecule has 0 unspecified atom stereocenters. The quantitative estimate of drug-likeness (QED) is 0.897. The van der Waals surface area contributed by atoms with Crippen LogP contribution in [0.4, 0.5) is 0 Å². The van der Waals surface area contributed by atoms with Crippen molar-refractivity contribution < 1.29 is 9.26 Å². The third-order valence-corrected chi connectivity index (χ3v) is 4.49. The van der Waals surface area contributed by atoms with Crippen molar-refractivity contribution in [1.29, 1.82) is 0 Å². The summed E-state index contributed by atoms with van der Waals surface area (Å²) in [6.07, 6.45) is 4.08. The Hall–Kier alpha value is -1.59. The van der Waals surface area contributed by atoms with Crippen LogP contribution in [0, 0.1) is 0 Å². The second-order valence-electron chi connectivity index (χ2n) is 7.44. The Balaban J connectivity index is 0.00000208. The standard InChI is InChI=1S/C18H25N3O2.ClH/c1-17(2,3)13-6-8-14(9-7-13)22-12-15-20-16(21-23-15)18(19)10-4-5-11-18;/h6-9H,4-5,10-12,19H2,1-3H3;1H. The van der Waals surface area contributed by atoms with Crippen LogP contribution < -0.4 is 10.5 Å². The van der Waals surface area contributed by atoms with E-state index in [4.69, 9.17) is 15.0 Å². The zero-order valence-corrected chi connectivity index (χ0v) is 15.4. The summed E-state index contributed by atoms with van der Waals surface area (Å²) in [5.41, 5.74) is 7.32. The van der Waals surface area contributed by atoms with Gasteiger partial charge < -0.3 is 15.0 Å². The highest BCUT2D eigenvalue weighted by Crippen LogP contribution is 2.34. The molecule has 1 aliphatic carbocycles. The normalized spacial score (nSPS) is 16.7. The van der Waals surface area contributed by atoms with Crippen molar-refractivity contribution in [3.05, 3.63) is 41.5 Å². The minimum absolute atomic E-state index is 0. The van der Waals surface area contributed by atoms with Crippen LogP contribution in [0.25, 0.3) is 0 Å². The molecule has 0 aliphatic heterocycles. The van der Waals surface area contributed by atoms with Crippen molar-refractivity contribution >= 4 is 12.4 Å². The highest BCUT2D eigenvalue weighted by Gasteiger charge is 2.35. The van der Waals surface area contributed by atoms with Gasteiger partial charge in [0.2, 0.25) is 0 Å². The van der Waals surface area contributed by atoms with E-state index in [9.17, 15) is 0 Å². The molecule has 0 radical (unpaired) electrons. The largest absolute Gasteiger partial charge is 0.484 e. The smallest absolute Gasteiger partial charge is 0.264 e. The highest BCUT2D eigenvalue weighted by atomic mass is 35.5. The number of hydrogen-bond acceptors (Lipinski definition) is 5. The second kappa shape index (κ2) is 7.11. The number of hydrogen-bond donors (Lipinski definition) is 1. The van der Waals surface area contributed by atoms with E-state index in [0.717, 1.165) is 31.4 Å². The molecule has 3 rings (SSSR count). The topological polar surface area (TPSA) is 74.2 Å². The summed E-state index contributed by atoms with van der Waals surface area (Å²) in [6.45, 7) is 6.83. The Kier molecular flexibility index (Phi) is 5.56. The van der Waals surface area contributed by atoms with E-state index in [1.807, 2.05) is 12.1 Å². The van der Waals surface area contributed by atoms with Gasteiger partial charge in [0.05, 0.1) is 5.54 Å². The zero-order chi connectivity index (χ0) is 16.5. The minimum Gasteiger partial charge on any atom is -0.484 e. The first-order valence-corrected chi connectivity index (χ1v) is 8.22. The Morgan fingerprint density at radius 1 is 1.17 bits per heavy atom. The van der Waals surface area contributed by atoms with E-state index in [0.29, 0.717) is 11.7 Å². The van der Waals surface area contributed by atoms with Gasteiger partial charge >= 0.3 is 0 Å². The lowest BCUT2D eigenvalue weighted by Gasteiger charge is -2.19. The van der Waals surface area contributed by atoms with Crippen LogP contribution in [0.1, 0.15) is 63.7 Å². The van der Waals surface area contributed by atoms with Crippen LogP contribution in [0.5, 0.6) is 5.75 Å². The molecule has 2 aromatic rings. The molecule has 1 aliphatic rings. The summed E-state index contributed by atoms with van der Waals surface area (Å²) in [5, 5.41) is 4.04. The molecule has 0 spiro atoms. The first kappa shape index (κ1) is 18.7. The SMILES string of the molecule is CC(C)(C)c1ccc(OCc2nc(C3(N)CCCC3)no2)cc1.Cl. The lowest BCUT2D eigenvalue weighted by molar-refractivity contribution is 0.241. The van der Waals surface area contributed by atoms with Gasteiger partial charge in [-0.3, -0.25) is 0 Å². The van der Waals surface area contributed by atoms with Gasteiger partial charge in [-0.1, -0.05) is 50.9 Å². The Bertz CT molecular complexity index is 656. The van der Waals surface area contributed by atoms with Gasteiger partial charge in [0.1, 0.15) is 5.75 Å². The van der Waals surface area contributed by atoms with Crippen molar-refractivity contribution in [2.45, 2.75) is 64.0 Å². The molecule has 1 fully saturated rings. The van der Waals surface area contributed by atoms with Crippen LogP contribution in [0.2, 0.25) is 0 Å². The average molecular weight is 352 g/mol. The number of ether oxygens (including phenoxy) is 1. The van der Waals surface area contributed by atoms with Crippen LogP contribution in [0.15, 0.2) is 28.8 Å². The van der Waals surface area contributed by atoms with E-state index >= 15 is 0 Å². The minimum atomic E-state index is -0.421. The predicted octanol–water partition coefficient (Wildman–Crippen LogP) is 4.10. The molecule has 0 atom stereocenters. The number of benzene rings is 1. The number of halogens is 1. The van der Waals surface area contributed by atoms with E-state index in [1.54, 1.807) is 0 Å². The molecule has 1 saturated carbocycles. The first-order valence-electron chi connectivity index (χ1n) is 8.22. The molecule has 24 heavy (non-hydrogen) atoms. The Labute approximate surface area is 149 Å². The first-order chi connectivity index (χ1) is 10.9. The molecule has 0 amide bonds. The summed E-state index contributed by atoms with van der Waals surface area (Å²) in [5.74, 6) is 1.87. The fourth-order valence-corrected chi connectivity index (χ4v) is 2.94. The molecule has 0 bridgehead atoms. The predicted molar refractivity (Wildman–Crippen MR) is 95.4 cm³/mol. The molecule has 1 heterocycles. The van der Waals surface area contributed by atoms with E-state index < -0.39 is 5.54 Å². The van der Waals surface area contributed by atoms with Crippen molar-refractivity contribution in [1.82, 2.24) is 10.1 Å². The third-order valence-electron chi connectivity index (χ3n) is 4.49. The molecule has 132 valence electrons. The van der Waals surface area contributed by atoms with Crippen molar-refractivity contribution in [3.8, 4) is 5.75 Å².